The van der Waals surface area contributed by atoms with Crippen molar-refractivity contribution < 1.29 is 23.9 Å². The summed E-state index contributed by atoms with van der Waals surface area (Å²) in [5.74, 6) is -2.08. The summed E-state index contributed by atoms with van der Waals surface area (Å²) < 4.78 is 5.21. The molecule has 0 fully saturated rings. The first-order valence-electron chi connectivity index (χ1n) is 12.0. The number of carbonyl (C=O) groups excluding carboxylic acids is 4. The first-order valence-corrected chi connectivity index (χ1v) is 12.0. The summed E-state index contributed by atoms with van der Waals surface area (Å²) >= 11 is 0. The van der Waals surface area contributed by atoms with Crippen molar-refractivity contribution in [2.75, 3.05) is 11.9 Å². The molecule has 3 aromatic rings. The van der Waals surface area contributed by atoms with Crippen LogP contribution in [-0.2, 0) is 22.4 Å². The number of anilines is 1. The molecule has 36 heavy (non-hydrogen) atoms. The summed E-state index contributed by atoms with van der Waals surface area (Å²) in [6, 6.07) is 18.9. The largest absolute Gasteiger partial charge is 0.452 e. The first-order chi connectivity index (χ1) is 17.3. The standard InChI is InChI=1S/C29H28N2O5/c1-4-19-12-9-13-20(5-2)26(19)30-25(32)17-36-29(35)22-14-15-23-24(16-22)28(34)31(27(23)33)18(3)21-10-7-6-8-11-21/h6-16,18H,4-5,17H2,1-3H3,(H,30,32)/t18-/m1/s1. The number of rotatable bonds is 8. The number of imide groups is 1. The summed E-state index contributed by atoms with van der Waals surface area (Å²) in [5.41, 5.74) is 4.06. The van der Waals surface area contributed by atoms with Crippen LogP contribution in [0.25, 0.3) is 0 Å². The molecule has 3 amide bonds. The van der Waals surface area contributed by atoms with Crippen LogP contribution in [0.2, 0.25) is 0 Å². The van der Waals surface area contributed by atoms with Crippen molar-refractivity contribution in [2.45, 2.75) is 39.7 Å². The molecule has 1 heterocycles. The van der Waals surface area contributed by atoms with E-state index in [1.54, 1.807) is 6.92 Å². The molecule has 1 atom stereocenters. The zero-order valence-electron chi connectivity index (χ0n) is 20.5. The van der Waals surface area contributed by atoms with Crippen LogP contribution in [0, 0.1) is 0 Å². The molecule has 0 unspecified atom stereocenters. The average Bonchev–Trinajstić information content (AvgIpc) is 3.16. The number of hydrogen-bond acceptors (Lipinski definition) is 5. The molecule has 0 bridgehead atoms. The summed E-state index contributed by atoms with van der Waals surface area (Å²) in [4.78, 5) is 52.4. The Morgan fingerprint density at radius 1 is 0.861 bits per heavy atom. The molecule has 1 aliphatic heterocycles. The fraction of sp³-hybridized carbons (Fsp3) is 0.241. The van der Waals surface area contributed by atoms with Gasteiger partial charge < -0.3 is 10.1 Å². The number of para-hydroxylation sites is 1. The molecule has 0 spiro atoms. The maximum Gasteiger partial charge on any atom is 0.338 e. The molecule has 0 aliphatic carbocycles. The van der Waals surface area contributed by atoms with Crippen molar-refractivity contribution in [3.05, 3.63) is 100 Å². The maximum atomic E-state index is 13.1. The number of hydrogen-bond donors (Lipinski definition) is 1. The normalized spacial score (nSPS) is 13.4. The van der Waals surface area contributed by atoms with Crippen LogP contribution >= 0.6 is 0 Å². The van der Waals surface area contributed by atoms with Gasteiger partial charge in [-0.25, -0.2) is 4.79 Å². The molecule has 0 saturated heterocycles. The fourth-order valence-corrected chi connectivity index (χ4v) is 4.41. The summed E-state index contributed by atoms with van der Waals surface area (Å²) in [6.07, 6.45) is 1.51. The Labute approximate surface area is 210 Å². The smallest absolute Gasteiger partial charge is 0.338 e. The molecule has 7 heteroatoms. The van der Waals surface area contributed by atoms with Gasteiger partial charge in [0.15, 0.2) is 6.61 Å². The van der Waals surface area contributed by atoms with Gasteiger partial charge in [0, 0.05) is 5.69 Å². The number of carbonyl (C=O) groups is 4. The van der Waals surface area contributed by atoms with Crippen molar-refractivity contribution in [3.63, 3.8) is 0 Å². The van der Waals surface area contributed by atoms with E-state index in [4.69, 9.17) is 4.74 Å². The van der Waals surface area contributed by atoms with Crippen molar-refractivity contribution >= 4 is 29.4 Å². The van der Waals surface area contributed by atoms with E-state index in [2.05, 4.69) is 5.32 Å². The van der Waals surface area contributed by atoms with Gasteiger partial charge in [0.2, 0.25) is 0 Å². The van der Waals surface area contributed by atoms with Crippen LogP contribution in [-0.4, -0.2) is 35.2 Å². The van der Waals surface area contributed by atoms with E-state index in [1.165, 1.54) is 23.1 Å². The van der Waals surface area contributed by atoms with E-state index in [1.807, 2.05) is 62.4 Å². The molecule has 0 aromatic heterocycles. The monoisotopic (exact) mass is 484 g/mol. The van der Waals surface area contributed by atoms with E-state index in [-0.39, 0.29) is 16.7 Å². The zero-order chi connectivity index (χ0) is 25.8. The van der Waals surface area contributed by atoms with E-state index in [0.29, 0.717) is 0 Å². The van der Waals surface area contributed by atoms with Crippen LogP contribution < -0.4 is 5.32 Å². The van der Waals surface area contributed by atoms with Gasteiger partial charge in [-0.1, -0.05) is 62.4 Å². The maximum absolute atomic E-state index is 13.1. The minimum absolute atomic E-state index is 0.0973. The molecule has 1 N–H and O–H groups in total. The Hall–Kier alpha value is -4.26. The lowest BCUT2D eigenvalue weighted by Gasteiger charge is -2.22. The Bertz CT molecular complexity index is 1310. The van der Waals surface area contributed by atoms with Gasteiger partial charge in [0.1, 0.15) is 0 Å². The molecule has 4 rings (SSSR count). The summed E-state index contributed by atoms with van der Waals surface area (Å²) in [7, 11) is 0. The predicted octanol–water partition coefficient (Wildman–Crippen LogP) is 4.96. The SMILES string of the molecule is CCc1cccc(CC)c1NC(=O)COC(=O)c1ccc2c(c1)C(=O)N([C@H](C)c1ccccc1)C2=O. The van der Waals surface area contributed by atoms with E-state index in [9.17, 15) is 19.2 Å². The highest BCUT2D eigenvalue weighted by atomic mass is 16.5. The minimum Gasteiger partial charge on any atom is -0.452 e. The number of amides is 3. The van der Waals surface area contributed by atoms with Crippen molar-refractivity contribution in [1.29, 1.82) is 0 Å². The molecule has 0 saturated carbocycles. The first kappa shape index (κ1) is 24.9. The van der Waals surface area contributed by atoms with Crippen molar-refractivity contribution in [3.8, 4) is 0 Å². The Morgan fingerprint density at radius 2 is 1.50 bits per heavy atom. The topological polar surface area (TPSA) is 92.8 Å². The molecule has 0 radical (unpaired) electrons. The lowest BCUT2D eigenvalue weighted by Crippen LogP contribution is -2.32. The quantitative estimate of drug-likeness (QED) is 0.360. The van der Waals surface area contributed by atoms with E-state index < -0.39 is 36.3 Å². The average molecular weight is 485 g/mol. The zero-order valence-corrected chi connectivity index (χ0v) is 20.5. The Balaban J connectivity index is 1.45. The fourth-order valence-electron chi connectivity index (χ4n) is 4.41. The lowest BCUT2D eigenvalue weighted by molar-refractivity contribution is -0.119. The minimum atomic E-state index is -0.748. The highest BCUT2D eigenvalue weighted by Gasteiger charge is 2.39. The van der Waals surface area contributed by atoms with Crippen molar-refractivity contribution in [1.82, 2.24) is 4.90 Å². The van der Waals surface area contributed by atoms with Crippen LogP contribution in [0.1, 0.15) is 74.6 Å². The van der Waals surface area contributed by atoms with Gasteiger partial charge >= 0.3 is 5.97 Å². The number of nitrogens with zero attached hydrogens (tertiary/aromatic N) is 1. The third-order valence-corrected chi connectivity index (χ3v) is 6.42. The second-order valence-electron chi connectivity index (χ2n) is 8.61. The van der Waals surface area contributed by atoms with Gasteiger partial charge in [-0.2, -0.15) is 0 Å². The summed E-state index contributed by atoms with van der Waals surface area (Å²) in [6.45, 7) is 5.32. The van der Waals surface area contributed by atoms with Gasteiger partial charge in [0.05, 0.1) is 22.7 Å². The third kappa shape index (κ3) is 4.77. The number of nitrogens with one attached hydrogen (secondary N) is 1. The Kier molecular flexibility index (Phi) is 7.29. The number of benzene rings is 3. The second kappa shape index (κ2) is 10.6. The van der Waals surface area contributed by atoms with Crippen LogP contribution in [0.3, 0.4) is 0 Å². The Morgan fingerprint density at radius 3 is 2.14 bits per heavy atom. The third-order valence-electron chi connectivity index (χ3n) is 6.42. The number of aryl methyl sites for hydroxylation is 2. The van der Waals surface area contributed by atoms with E-state index >= 15 is 0 Å². The van der Waals surface area contributed by atoms with Crippen LogP contribution in [0.5, 0.6) is 0 Å². The molecule has 7 nitrogen and oxygen atoms in total. The van der Waals surface area contributed by atoms with Crippen molar-refractivity contribution in [2.24, 2.45) is 0 Å². The summed E-state index contributed by atoms with van der Waals surface area (Å²) in [5, 5.41) is 2.85. The van der Waals surface area contributed by atoms with Crippen LogP contribution in [0.15, 0.2) is 66.7 Å². The highest BCUT2D eigenvalue weighted by molar-refractivity contribution is 6.22. The number of ether oxygens (including phenoxy) is 1. The van der Waals surface area contributed by atoms with Gasteiger partial charge in [-0.05, 0) is 54.7 Å². The molecular formula is C29H28N2O5. The lowest BCUT2D eigenvalue weighted by atomic mass is 10.0. The second-order valence-corrected chi connectivity index (χ2v) is 8.61. The highest BCUT2D eigenvalue weighted by Crippen LogP contribution is 2.32. The van der Waals surface area contributed by atoms with Crippen LogP contribution in [0.4, 0.5) is 5.69 Å². The van der Waals surface area contributed by atoms with E-state index in [0.717, 1.165) is 35.2 Å². The van der Waals surface area contributed by atoms with Gasteiger partial charge in [0.25, 0.3) is 17.7 Å². The predicted molar refractivity (Wildman–Crippen MR) is 136 cm³/mol. The van der Waals surface area contributed by atoms with Gasteiger partial charge in [-0.3, -0.25) is 19.3 Å². The molecule has 3 aromatic carbocycles. The number of fused-ring (bicyclic) bond motifs is 1. The number of esters is 1. The molecule has 1 aliphatic rings. The molecule has 184 valence electrons. The van der Waals surface area contributed by atoms with Gasteiger partial charge in [-0.15, -0.1) is 0 Å². The molecular weight excluding hydrogens is 456 g/mol.